The van der Waals surface area contributed by atoms with Gasteiger partial charge in [-0.3, -0.25) is 5.32 Å². The van der Waals surface area contributed by atoms with Crippen molar-refractivity contribution >= 4 is 44.4 Å². The number of hydrogen-bond acceptors (Lipinski definition) is 4. The van der Waals surface area contributed by atoms with Gasteiger partial charge in [0.2, 0.25) is 0 Å². The summed E-state index contributed by atoms with van der Waals surface area (Å²) in [6.45, 7) is 0. The molecule has 0 aromatic heterocycles. The van der Waals surface area contributed by atoms with Gasteiger partial charge in [-0.2, -0.15) is 0 Å². The van der Waals surface area contributed by atoms with Gasteiger partial charge >= 0.3 is 0 Å². The van der Waals surface area contributed by atoms with E-state index >= 15 is 0 Å². The molecule has 76 heavy (non-hydrogen) atoms. The Morgan fingerprint density at radius 3 is 1.47 bits per heavy atom. The maximum absolute atomic E-state index is 5.26. The summed E-state index contributed by atoms with van der Waals surface area (Å²) >= 11 is 0. The number of amidine groups is 1. The van der Waals surface area contributed by atoms with Gasteiger partial charge in [-0.05, 0) is 148 Å². The Morgan fingerprint density at radius 1 is 0.329 bits per heavy atom. The van der Waals surface area contributed by atoms with E-state index in [-0.39, 0.29) is 12.3 Å². The zero-order chi connectivity index (χ0) is 50.2. The summed E-state index contributed by atoms with van der Waals surface area (Å²) in [5.74, 6) is 0.860. The fourth-order valence-electron chi connectivity index (χ4n) is 12.5. The third kappa shape index (κ3) is 7.14. The Morgan fingerprint density at radius 2 is 0.803 bits per heavy atom. The van der Waals surface area contributed by atoms with E-state index in [4.69, 9.17) is 4.99 Å². The molecule has 358 valence electrons. The molecule has 15 rings (SSSR count). The first kappa shape index (κ1) is 43.9. The molecule has 0 radical (unpaired) electrons. The van der Waals surface area contributed by atoms with E-state index in [1.165, 1.54) is 88.6 Å². The van der Waals surface area contributed by atoms with Crippen LogP contribution in [0.15, 0.2) is 284 Å². The third-order valence-corrected chi connectivity index (χ3v) is 16.1. The predicted octanol–water partition coefficient (Wildman–Crippen LogP) is 17.5. The number of para-hydroxylation sites is 1. The fraction of sp³-hybridized carbons (Fsp3) is 0.0417. The van der Waals surface area contributed by atoms with Crippen molar-refractivity contribution in [1.82, 2.24) is 10.6 Å². The molecule has 1 spiro atoms. The standard InChI is InChI=1S/C72H50N4/c1-4-17-47(18-5-1)48-31-35-51(36-32-48)70-73-69(50-19-6-2-7-20-50)74-71(75-70)52-37-33-49(34-38-52)53-25-16-26-54(41-53)59-39-40-64-62(42-59)61-29-14-15-30-63(61)72(64)65-43-55-21-10-12-23-57(55)45-67(65)76(60-27-8-3-9-28-60)68-46-58-24-13-11-22-56(58)44-66(68)72/h1-46,69-70,73H,(H,74,75). The topological polar surface area (TPSA) is 39.7 Å². The first-order chi connectivity index (χ1) is 37.6. The highest BCUT2D eigenvalue weighted by Gasteiger charge is 2.52. The van der Waals surface area contributed by atoms with E-state index in [0.29, 0.717) is 0 Å². The van der Waals surface area contributed by atoms with Gasteiger partial charge in [0.15, 0.2) is 0 Å². The first-order valence-electron chi connectivity index (χ1n) is 26.3. The van der Waals surface area contributed by atoms with Gasteiger partial charge in [0, 0.05) is 11.3 Å². The molecule has 2 heterocycles. The molecule has 4 heteroatoms. The predicted molar refractivity (Wildman–Crippen MR) is 314 cm³/mol. The monoisotopic (exact) mass is 970 g/mol. The molecular formula is C72H50N4. The lowest BCUT2D eigenvalue weighted by Crippen LogP contribution is -2.44. The zero-order valence-corrected chi connectivity index (χ0v) is 41.6. The maximum atomic E-state index is 5.26. The Hall–Kier alpha value is -9.61. The van der Waals surface area contributed by atoms with Crippen molar-refractivity contribution in [1.29, 1.82) is 0 Å². The SMILES string of the molecule is c1ccc(-c2ccc(C3NC(c4ccc(-c5cccc(-c6ccc7c(c6)-c6ccccc6C76c7cc8ccccc8cc7N(c7ccccc7)c7cc8ccccc8cc76)c5)cc4)=NC(c4ccccc4)N3)cc2)cc1. The summed E-state index contributed by atoms with van der Waals surface area (Å²) in [6, 6.07) is 102. The Balaban J connectivity index is 0.811. The van der Waals surface area contributed by atoms with Gasteiger partial charge in [0.25, 0.3) is 0 Å². The normalized spacial score (nSPS) is 15.8. The van der Waals surface area contributed by atoms with E-state index in [9.17, 15) is 0 Å². The summed E-state index contributed by atoms with van der Waals surface area (Å²) in [6.07, 6.45) is -0.354. The van der Waals surface area contributed by atoms with E-state index < -0.39 is 5.41 Å². The van der Waals surface area contributed by atoms with Crippen LogP contribution in [0, 0.1) is 0 Å². The largest absolute Gasteiger partial charge is 0.350 e. The second-order valence-corrected chi connectivity index (χ2v) is 20.3. The maximum Gasteiger partial charge on any atom is 0.131 e. The molecule has 4 nitrogen and oxygen atoms in total. The van der Waals surface area contributed by atoms with Crippen molar-refractivity contribution in [3.8, 4) is 44.5 Å². The average molecular weight is 971 g/mol. The second-order valence-electron chi connectivity index (χ2n) is 20.3. The van der Waals surface area contributed by atoms with Crippen molar-refractivity contribution in [2.75, 3.05) is 4.90 Å². The Kier molecular flexibility index (Phi) is 10.3. The molecular weight excluding hydrogens is 921 g/mol. The number of nitrogens with zero attached hydrogens (tertiary/aromatic N) is 2. The van der Waals surface area contributed by atoms with Crippen LogP contribution >= 0.6 is 0 Å². The highest BCUT2D eigenvalue weighted by molar-refractivity contribution is 6.04. The average Bonchev–Trinajstić information content (AvgIpc) is 3.80. The molecule has 3 aliphatic rings. The molecule has 12 aromatic rings. The number of anilines is 3. The van der Waals surface area contributed by atoms with Crippen LogP contribution in [0.4, 0.5) is 17.1 Å². The highest BCUT2D eigenvalue weighted by Crippen LogP contribution is 2.64. The van der Waals surface area contributed by atoms with Crippen LogP contribution in [0.1, 0.15) is 51.3 Å². The fourth-order valence-corrected chi connectivity index (χ4v) is 12.5. The summed E-state index contributed by atoms with van der Waals surface area (Å²) in [4.78, 5) is 7.76. The third-order valence-electron chi connectivity index (χ3n) is 16.1. The molecule has 0 saturated carbocycles. The molecule has 12 aromatic carbocycles. The minimum atomic E-state index is -0.584. The van der Waals surface area contributed by atoms with Crippen LogP contribution in [-0.4, -0.2) is 5.84 Å². The van der Waals surface area contributed by atoms with Crippen molar-refractivity contribution in [3.63, 3.8) is 0 Å². The van der Waals surface area contributed by atoms with Crippen molar-refractivity contribution in [3.05, 3.63) is 318 Å². The van der Waals surface area contributed by atoms with Gasteiger partial charge in [-0.15, -0.1) is 0 Å². The van der Waals surface area contributed by atoms with Crippen LogP contribution < -0.4 is 15.5 Å². The van der Waals surface area contributed by atoms with Gasteiger partial charge in [0.05, 0.1) is 16.8 Å². The summed E-state index contributed by atoms with van der Waals surface area (Å²) in [5.41, 5.74) is 21.1. The van der Waals surface area contributed by atoms with E-state index in [1.54, 1.807) is 0 Å². The lowest BCUT2D eigenvalue weighted by molar-refractivity contribution is 0.409. The van der Waals surface area contributed by atoms with E-state index in [1.807, 2.05) is 0 Å². The number of hydrogen-bond donors (Lipinski definition) is 2. The molecule has 1 aliphatic carbocycles. The Labute approximate surface area is 443 Å². The zero-order valence-electron chi connectivity index (χ0n) is 41.6. The lowest BCUT2D eigenvalue weighted by Gasteiger charge is -2.45. The number of fused-ring (bicyclic) bond motifs is 11. The first-order valence-corrected chi connectivity index (χ1v) is 26.3. The van der Waals surface area contributed by atoms with Crippen LogP contribution in [0.3, 0.4) is 0 Å². The Bertz CT molecular complexity index is 4140. The van der Waals surface area contributed by atoms with Gasteiger partial charge in [0.1, 0.15) is 18.2 Å². The lowest BCUT2D eigenvalue weighted by atomic mass is 9.64. The molecule has 2 N–H and O–H groups in total. The molecule has 2 unspecified atom stereocenters. The minimum Gasteiger partial charge on any atom is -0.350 e. The van der Waals surface area contributed by atoms with Crippen molar-refractivity contribution in [2.24, 2.45) is 4.99 Å². The van der Waals surface area contributed by atoms with Crippen LogP contribution in [-0.2, 0) is 5.41 Å². The molecule has 0 saturated heterocycles. The molecule has 2 aliphatic heterocycles. The van der Waals surface area contributed by atoms with Gasteiger partial charge in [-0.25, -0.2) is 4.99 Å². The van der Waals surface area contributed by atoms with Crippen LogP contribution in [0.5, 0.6) is 0 Å². The number of benzene rings is 12. The smallest absolute Gasteiger partial charge is 0.131 e. The number of nitrogens with one attached hydrogen (secondary N) is 2. The molecule has 2 atom stereocenters. The van der Waals surface area contributed by atoms with E-state index in [0.717, 1.165) is 39.3 Å². The van der Waals surface area contributed by atoms with Crippen LogP contribution in [0.25, 0.3) is 66.1 Å². The molecule has 0 amide bonds. The quantitative estimate of drug-likeness (QED) is 0.167. The summed E-state index contributed by atoms with van der Waals surface area (Å²) < 4.78 is 0. The van der Waals surface area contributed by atoms with Gasteiger partial charge < -0.3 is 10.2 Å². The molecule has 0 bridgehead atoms. The second kappa shape index (κ2) is 17.8. The van der Waals surface area contributed by atoms with Gasteiger partial charge in [-0.1, -0.05) is 231 Å². The van der Waals surface area contributed by atoms with Crippen LogP contribution in [0.2, 0.25) is 0 Å². The summed E-state index contributed by atoms with van der Waals surface area (Å²) in [7, 11) is 0. The highest BCUT2D eigenvalue weighted by atomic mass is 15.3. The number of rotatable bonds is 7. The summed E-state index contributed by atoms with van der Waals surface area (Å²) in [5, 5.41) is 12.4. The number of aliphatic imine (C=N–C) groups is 1. The van der Waals surface area contributed by atoms with E-state index in [2.05, 4.69) is 295 Å². The van der Waals surface area contributed by atoms with Crippen molar-refractivity contribution < 1.29 is 0 Å². The van der Waals surface area contributed by atoms with Crippen molar-refractivity contribution in [2.45, 2.75) is 17.7 Å². The molecule has 0 fully saturated rings. The minimum absolute atomic E-state index is 0.139.